The van der Waals surface area contributed by atoms with E-state index < -0.39 is 0 Å². The van der Waals surface area contributed by atoms with Gasteiger partial charge in [-0.15, -0.1) is 0 Å². The van der Waals surface area contributed by atoms with Gasteiger partial charge in [-0.3, -0.25) is 9.36 Å². The average molecular weight is 444 g/mol. The maximum atomic E-state index is 12.5. The molecule has 0 aliphatic rings. The molecule has 0 bridgehead atoms. The van der Waals surface area contributed by atoms with Gasteiger partial charge >= 0.3 is 0 Å². The first-order valence-electron chi connectivity index (χ1n) is 10.3. The molecule has 1 amide bonds. The molecule has 0 saturated carbocycles. The van der Waals surface area contributed by atoms with E-state index in [1.807, 2.05) is 66.2 Å². The second-order valence-corrected chi connectivity index (χ2v) is 8.49. The van der Waals surface area contributed by atoms with E-state index in [0.29, 0.717) is 0 Å². The van der Waals surface area contributed by atoms with Gasteiger partial charge in [-0.1, -0.05) is 47.2 Å². The number of anilines is 1. The third kappa shape index (κ3) is 5.21. The molecule has 0 saturated heterocycles. The minimum Gasteiger partial charge on any atom is -0.497 e. The van der Waals surface area contributed by atoms with Crippen LogP contribution < -0.4 is 10.1 Å². The fourth-order valence-corrected chi connectivity index (χ4v) is 4.01. The highest BCUT2D eigenvalue weighted by molar-refractivity contribution is 7.99. The maximum Gasteiger partial charge on any atom is 0.234 e. The van der Waals surface area contributed by atoms with Crippen molar-refractivity contribution in [2.45, 2.75) is 19.0 Å². The SMILES string of the molecule is COc1ccc(-c2cn(-c3ccc(C)cc3)c(SCC(=O)Nc3ccc(C)cc3)n2)cc1. The van der Waals surface area contributed by atoms with Crippen LogP contribution >= 0.6 is 11.8 Å². The Morgan fingerprint density at radius 2 is 1.56 bits per heavy atom. The highest BCUT2D eigenvalue weighted by Gasteiger charge is 2.14. The van der Waals surface area contributed by atoms with E-state index in [4.69, 9.17) is 9.72 Å². The van der Waals surface area contributed by atoms with Crippen LogP contribution in [0.5, 0.6) is 5.75 Å². The van der Waals surface area contributed by atoms with Crippen LogP contribution in [0.3, 0.4) is 0 Å². The Bertz CT molecular complexity index is 1200. The van der Waals surface area contributed by atoms with E-state index in [0.717, 1.165) is 39.1 Å². The smallest absolute Gasteiger partial charge is 0.234 e. The molecule has 162 valence electrons. The van der Waals surface area contributed by atoms with Gasteiger partial charge in [0, 0.05) is 23.1 Å². The molecule has 5 nitrogen and oxygen atoms in total. The third-order valence-electron chi connectivity index (χ3n) is 5.04. The lowest BCUT2D eigenvalue weighted by Crippen LogP contribution is -2.14. The van der Waals surface area contributed by atoms with Crippen molar-refractivity contribution < 1.29 is 9.53 Å². The number of aromatic nitrogens is 2. The van der Waals surface area contributed by atoms with Crippen molar-refractivity contribution in [3.8, 4) is 22.7 Å². The summed E-state index contributed by atoms with van der Waals surface area (Å²) in [6.07, 6.45) is 2.01. The minimum absolute atomic E-state index is 0.0664. The predicted octanol–water partition coefficient (Wildman–Crippen LogP) is 5.90. The van der Waals surface area contributed by atoms with Crippen molar-refractivity contribution in [1.82, 2.24) is 9.55 Å². The minimum atomic E-state index is -0.0664. The highest BCUT2D eigenvalue weighted by Crippen LogP contribution is 2.28. The number of thioether (sulfide) groups is 1. The molecule has 0 atom stereocenters. The van der Waals surface area contributed by atoms with Crippen molar-refractivity contribution in [3.63, 3.8) is 0 Å². The number of hydrogen-bond donors (Lipinski definition) is 1. The zero-order valence-electron chi connectivity index (χ0n) is 18.3. The monoisotopic (exact) mass is 443 g/mol. The number of amides is 1. The topological polar surface area (TPSA) is 56.1 Å². The molecular formula is C26H25N3O2S. The summed E-state index contributed by atoms with van der Waals surface area (Å²) in [5.74, 6) is 0.996. The van der Waals surface area contributed by atoms with Crippen LogP contribution in [0.4, 0.5) is 5.69 Å². The summed E-state index contributed by atoms with van der Waals surface area (Å²) < 4.78 is 7.29. The summed E-state index contributed by atoms with van der Waals surface area (Å²) >= 11 is 1.41. The largest absolute Gasteiger partial charge is 0.497 e. The Labute approximate surface area is 192 Å². The molecule has 0 aliphatic heterocycles. The Hall–Kier alpha value is -3.51. The first-order valence-corrected chi connectivity index (χ1v) is 11.3. The van der Waals surface area contributed by atoms with Gasteiger partial charge in [0.2, 0.25) is 5.91 Å². The van der Waals surface area contributed by atoms with Crippen molar-refractivity contribution in [2.75, 3.05) is 18.2 Å². The molecule has 1 aromatic heterocycles. The van der Waals surface area contributed by atoms with Gasteiger partial charge in [0.05, 0.1) is 18.6 Å². The lowest BCUT2D eigenvalue weighted by molar-refractivity contribution is -0.113. The molecule has 0 aliphatic carbocycles. The molecule has 4 rings (SSSR count). The number of rotatable bonds is 7. The molecule has 0 spiro atoms. The van der Waals surface area contributed by atoms with E-state index in [1.165, 1.54) is 17.3 Å². The first-order chi connectivity index (χ1) is 15.5. The first kappa shape index (κ1) is 21.7. The van der Waals surface area contributed by atoms with Crippen molar-refractivity contribution in [3.05, 3.63) is 90.1 Å². The number of methoxy groups -OCH3 is 1. The van der Waals surface area contributed by atoms with Crippen LogP contribution in [0.25, 0.3) is 16.9 Å². The fraction of sp³-hybridized carbons (Fsp3) is 0.154. The van der Waals surface area contributed by atoms with Gasteiger partial charge in [0.1, 0.15) is 5.75 Å². The van der Waals surface area contributed by atoms with Crippen molar-refractivity contribution in [1.29, 1.82) is 0 Å². The number of carbonyl (C=O) groups excluding carboxylic acids is 1. The van der Waals surface area contributed by atoms with Crippen LogP contribution in [-0.4, -0.2) is 28.3 Å². The molecule has 0 radical (unpaired) electrons. The summed E-state index contributed by atoms with van der Waals surface area (Å²) in [7, 11) is 1.65. The standard InChI is InChI=1S/C26H25N3O2S/c1-18-4-10-21(11-5-18)27-25(30)17-32-26-28-24(20-8-14-23(31-3)15-9-20)16-29(26)22-12-6-19(2)7-13-22/h4-16H,17H2,1-3H3,(H,27,30). The van der Waals surface area contributed by atoms with Crippen LogP contribution in [-0.2, 0) is 4.79 Å². The lowest BCUT2D eigenvalue weighted by Gasteiger charge is -2.08. The number of imidazole rings is 1. The zero-order chi connectivity index (χ0) is 22.5. The number of hydrogen-bond acceptors (Lipinski definition) is 4. The maximum absolute atomic E-state index is 12.5. The molecule has 3 aromatic carbocycles. The summed E-state index contributed by atoms with van der Waals surface area (Å²) in [6.45, 7) is 4.08. The third-order valence-corrected chi connectivity index (χ3v) is 5.99. The second kappa shape index (κ2) is 9.75. The number of ether oxygens (including phenoxy) is 1. The predicted molar refractivity (Wildman–Crippen MR) is 131 cm³/mol. The number of aryl methyl sites for hydroxylation is 2. The number of nitrogens with zero attached hydrogens (tertiary/aromatic N) is 2. The molecule has 32 heavy (non-hydrogen) atoms. The molecule has 1 N–H and O–H groups in total. The molecule has 0 fully saturated rings. The number of carbonyl (C=O) groups is 1. The van der Waals surface area contributed by atoms with Crippen LogP contribution in [0.2, 0.25) is 0 Å². The van der Waals surface area contributed by atoms with Gasteiger partial charge in [-0.2, -0.15) is 0 Å². The Morgan fingerprint density at radius 3 is 2.19 bits per heavy atom. The second-order valence-electron chi connectivity index (χ2n) is 7.55. The molecule has 6 heteroatoms. The Morgan fingerprint density at radius 1 is 0.938 bits per heavy atom. The normalized spacial score (nSPS) is 10.7. The molecule has 4 aromatic rings. The van der Waals surface area contributed by atoms with Crippen LogP contribution in [0.15, 0.2) is 84.1 Å². The van der Waals surface area contributed by atoms with Gasteiger partial charge in [-0.05, 0) is 62.4 Å². The van der Waals surface area contributed by atoms with E-state index in [2.05, 4.69) is 36.5 Å². The number of benzene rings is 3. The van der Waals surface area contributed by atoms with E-state index in [1.54, 1.807) is 7.11 Å². The summed E-state index contributed by atoms with van der Waals surface area (Å²) in [5, 5.41) is 3.71. The van der Waals surface area contributed by atoms with Crippen LogP contribution in [0.1, 0.15) is 11.1 Å². The zero-order valence-corrected chi connectivity index (χ0v) is 19.1. The van der Waals surface area contributed by atoms with Gasteiger partial charge in [-0.25, -0.2) is 4.98 Å². The average Bonchev–Trinajstić information content (AvgIpc) is 3.24. The summed E-state index contributed by atoms with van der Waals surface area (Å²) in [4.78, 5) is 17.4. The van der Waals surface area contributed by atoms with Gasteiger partial charge in [0.15, 0.2) is 5.16 Å². The van der Waals surface area contributed by atoms with E-state index in [-0.39, 0.29) is 11.7 Å². The molecule has 1 heterocycles. The van der Waals surface area contributed by atoms with E-state index >= 15 is 0 Å². The summed E-state index contributed by atoms with van der Waals surface area (Å²) in [6, 6.07) is 23.8. The molecular weight excluding hydrogens is 418 g/mol. The highest BCUT2D eigenvalue weighted by atomic mass is 32.2. The van der Waals surface area contributed by atoms with Crippen molar-refractivity contribution in [2.24, 2.45) is 0 Å². The summed E-state index contributed by atoms with van der Waals surface area (Å²) in [5.41, 5.74) is 5.98. The Balaban J connectivity index is 1.57. The van der Waals surface area contributed by atoms with Gasteiger partial charge in [0.25, 0.3) is 0 Å². The Kier molecular flexibility index (Phi) is 6.61. The lowest BCUT2D eigenvalue weighted by atomic mass is 10.1. The number of nitrogens with one attached hydrogen (secondary N) is 1. The van der Waals surface area contributed by atoms with Crippen molar-refractivity contribution >= 4 is 23.4 Å². The quantitative estimate of drug-likeness (QED) is 0.362. The van der Waals surface area contributed by atoms with E-state index in [9.17, 15) is 4.79 Å². The van der Waals surface area contributed by atoms with Crippen LogP contribution in [0, 0.1) is 13.8 Å². The van der Waals surface area contributed by atoms with Gasteiger partial charge < -0.3 is 10.1 Å². The molecule has 0 unspecified atom stereocenters. The fourth-order valence-electron chi connectivity index (χ4n) is 3.22.